The van der Waals surface area contributed by atoms with Gasteiger partial charge in [-0.15, -0.1) is 0 Å². The van der Waals surface area contributed by atoms with Gasteiger partial charge < -0.3 is 29.0 Å². The summed E-state index contributed by atoms with van der Waals surface area (Å²) in [5.41, 5.74) is -0.420. The Morgan fingerprint density at radius 1 is 0.769 bits per heavy atom. The summed E-state index contributed by atoms with van der Waals surface area (Å²) >= 11 is 0. The first-order valence-corrected chi connectivity index (χ1v) is 14.9. The zero-order valence-electron chi connectivity index (χ0n) is 25.9. The number of carbonyl (C=O) groups is 2. The number of alkyl halides is 1. The van der Waals surface area contributed by atoms with Crippen LogP contribution in [0.5, 0.6) is 0 Å². The second kappa shape index (κ2) is 23.6. The second-order valence-electron chi connectivity index (χ2n) is 11.5. The van der Waals surface area contributed by atoms with Crippen LogP contribution >= 0.6 is 0 Å². The Hall–Kier alpha value is -1.13. The maximum absolute atomic E-state index is 14.0. The van der Waals surface area contributed by atoms with E-state index in [1.807, 2.05) is 27.7 Å². The standard InChI is InChI=1S/C30H58FNO7/c1-8-28(33)26(12-11-25(4)29(34)32-22-27(31)23-39-30(5,6)7)13-15-36-17-19-38-21-20-37-18-16-35-14-9-10-24(2)3/h24-27H,8-23H2,1-7H3,(H,32,34). The van der Waals surface area contributed by atoms with Crippen molar-refractivity contribution in [1.82, 2.24) is 5.32 Å². The smallest absolute Gasteiger partial charge is 0.222 e. The van der Waals surface area contributed by atoms with E-state index in [2.05, 4.69) is 19.2 Å². The molecule has 0 bridgehead atoms. The Morgan fingerprint density at radius 3 is 1.82 bits per heavy atom. The number of hydrogen-bond donors (Lipinski definition) is 1. The summed E-state index contributed by atoms with van der Waals surface area (Å²) in [5.74, 6) is 0.222. The molecule has 9 heteroatoms. The molecule has 0 heterocycles. The molecule has 0 spiro atoms. The van der Waals surface area contributed by atoms with E-state index < -0.39 is 11.8 Å². The Kier molecular flexibility index (Phi) is 22.9. The van der Waals surface area contributed by atoms with Crippen molar-refractivity contribution in [1.29, 1.82) is 0 Å². The van der Waals surface area contributed by atoms with Crippen LogP contribution in [0.1, 0.15) is 87.0 Å². The summed E-state index contributed by atoms with van der Waals surface area (Å²) < 4.78 is 41.6. The molecule has 1 N–H and O–H groups in total. The molecule has 0 fully saturated rings. The maximum Gasteiger partial charge on any atom is 0.222 e. The number of nitrogens with one attached hydrogen (secondary N) is 1. The number of Topliss-reactive ketones (excluding diaryl/α,β-unsaturated/α-hetero) is 1. The predicted octanol–water partition coefficient (Wildman–Crippen LogP) is 5.16. The van der Waals surface area contributed by atoms with Gasteiger partial charge >= 0.3 is 0 Å². The quantitative estimate of drug-likeness (QED) is 0.145. The van der Waals surface area contributed by atoms with Gasteiger partial charge in [-0.3, -0.25) is 9.59 Å². The van der Waals surface area contributed by atoms with Gasteiger partial charge in [0.05, 0.1) is 58.4 Å². The van der Waals surface area contributed by atoms with Crippen LogP contribution in [0, 0.1) is 17.8 Å². The first kappa shape index (κ1) is 37.9. The number of hydrogen-bond acceptors (Lipinski definition) is 7. The number of ketones is 1. The molecule has 3 atom stereocenters. The van der Waals surface area contributed by atoms with Gasteiger partial charge in [0.25, 0.3) is 0 Å². The van der Waals surface area contributed by atoms with E-state index in [-0.39, 0.29) is 36.7 Å². The van der Waals surface area contributed by atoms with Gasteiger partial charge in [-0.2, -0.15) is 0 Å². The highest BCUT2D eigenvalue weighted by Gasteiger charge is 2.21. The van der Waals surface area contributed by atoms with Gasteiger partial charge in [0, 0.05) is 31.5 Å². The summed E-state index contributed by atoms with van der Waals surface area (Å²) in [6.07, 6.45) is 3.23. The lowest BCUT2D eigenvalue weighted by molar-refractivity contribution is -0.127. The van der Waals surface area contributed by atoms with Gasteiger partial charge in [0.2, 0.25) is 5.91 Å². The number of halogens is 1. The zero-order valence-corrected chi connectivity index (χ0v) is 25.9. The summed E-state index contributed by atoms with van der Waals surface area (Å²) in [6.45, 7) is 17.9. The molecule has 0 saturated carbocycles. The molecule has 0 saturated heterocycles. The minimum atomic E-state index is -1.26. The Morgan fingerprint density at radius 2 is 1.31 bits per heavy atom. The summed E-state index contributed by atoms with van der Waals surface area (Å²) in [4.78, 5) is 24.7. The molecule has 3 unspecified atom stereocenters. The highest BCUT2D eigenvalue weighted by Crippen LogP contribution is 2.19. The SMILES string of the molecule is CCC(=O)C(CCOCCOCCOCCOCCCC(C)C)CCC(C)C(=O)NCC(F)COC(C)(C)C. The van der Waals surface area contributed by atoms with Gasteiger partial charge in [-0.05, 0) is 58.8 Å². The third kappa shape index (κ3) is 24.4. The van der Waals surface area contributed by atoms with E-state index in [1.165, 1.54) is 6.42 Å². The molecule has 0 aromatic rings. The Balaban J connectivity index is 3.91. The largest absolute Gasteiger partial charge is 0.379 e. The molecule has 0 aromatic heterocycles. The van der Waals surface area contributed by atoms with Crippen molar-refractivity contribution in [2.45, 2.75) is 98.8 Å². The number of rotatable bonds is 26. The van der Waals surface area contributed by atoms with Crippen molar-refractivity contribution in [3.63, 3.8) is 0 Å². The van der Waals surface area contributed by atoms with Crippen LogP contribution in [0.3, 0.4) is 0 Å². The normalized spacial score (nSPS) is 14.4. The minimum Gasteiger partial charge on any atom is -0.379 e. The maximum atomic E-state index is 14.0. The van der Waals surface area contributed by atoms with E-state index >= 15 is 0 Å². The Bertz CT molecular complexity index is 613. The fraction of sp³-hybridized carbons (Fsp3) is 0.933. The third-order valence-electron chi connectivity index (χ3n) is 6.19. The average molecular weight is 564 g/mol. The van der Waals surface area contributed by atoms with Crippen LogP contribution in [0.2, 0.25) is 0 Å². The Labute approximate surface area is 237 Å². The highest BCUT2D eigenvalue weighted by molar-refractivity contribution is 5.81. The number of ether oxygens (including phenoxy) is 5. The van der Waals surface area contributed by atoms with Crippen LogP contribution < -0.4 is 5.32 Å². The zero-order chi connectivity index (χ0) is 29.5. The molecule has 39 heavy (non-hydrogen) atoms. The van der Waals surface area contributed by atoms with Crippen LogP contribution in [-0.4, -0.2) is 89.5 Å². The molecule has 8 nitrogen and oxygen atoms in total. The molecular formula is C30H58FNO7. The van der Waals surface area contributed by atoms with Gasteiger partial charge in [-0.25, -0.2) is 4.39 Å². The molecule has 0 aliphatic rings. The average Bonchev–Trinajstić information content (AvgIpc) is 2.88. The van der Waals surface area contributed by atoms with Crippen LogP contribution in [-0.2, 0) is 33.3 Å². The first-order valence-electron chi connectivity index (χ1n) is 14.9. The van der Waals surface area contributed by atoms with Gasteiger partial charge in [0.1, 0.15) is 12.0 Å². The van der Waals surface area contributed by atoms with Crippen molar-refractivity contribution in [2.75, 3.05) is 66.0 Å². The van der Waals surface area contributed by atoms with E-state index in [4.69, 9.17) is 23.7 Å². The van der Waals surface area contributed by atoms with Crippen LogP contribution in [0.15, 0.2) is 0 Å². The van der Waals surface area contributed by atoms with Crippen molar-refractivity contribution >= 4 is 11.7 Å². The number of carbonyl (C=O) groups excluding carboxylic acids is 2. The van der Waals surface area contributed by atoms with E-state index in [0.29, 0.717) is 77.8 Å². The molecule has 0 rings (SSSR count). The van der Waals surface area contributed by atoms with E-state index in [9.17, 15) is 14.0 Å². The summed E-state index contributed by atoms with van der Waals surface area (Å²) in [5, 5.41) is 2.65. The fourth-order valence-electron chi connectivity index (χ4n) is 3.70. The van der Waals surface area contributed by atoms with Gasteiger partial charge in [0.15, 0.2) is 0 Å². The van der Waals surface area contributed by atoms with Crippen molar-refractivity contribution < 1.29 is 37.7 Å². The summed E-state index contributed by atoms with van der Waals surface area (Å²) in [6, 6.07) is 0. The molecule has 0 radical (unpaired) electrons. The van der Waals surface area contributed by atoms with E-state index in [0.717, 1.165) is 13.0 Å². The lowest BCUT2D eigenvalue weighted by atomic mass is 9.90. The first-order chi connectivity index (χ1) is 18.5. The third-order valence-corrected chi connectivity index (χ3v) is 6.19. The van der Waals surface area contributed by atoms with Gasteiger partial charge in [-0.1, -0.05) is 27.7 Å². The number of amides is 1. The highest BCUT2D eigenvalue weighted by atomic mass is 19.1. The minimum absolute atomic E-state index is 0.0573. The van der Waals surface area contributed by atoms with Crippen molar-refractivity contribution in [3.05, 3.63) is 0 Å². The lowest BCUT2D eigenvalue weighted by Gasteiger charge is -2.22. The van der Waals surface area contributed by atoms with Crippen molar-refractivity contribution in [3.8, 4) is 0 Å². The fourth-order valence-corrected chi connectivity index (χ4v) is 3.70. The molecule has 0 aliphatic heterocycles. The monoisotopic (exact) mass is 563 g/mol. The molecular weight excluding hydrogens is 505 g/mol. The molecule has 0 aliphatic carbocycles. The van der Waals surface area contributed by atoms with Crippen LogP contribution in [0.25, 0.3) is 0 Å². The molecule has 0 aromatic carbocycles. The van der Waals surface area contributed by atoms with E-state index in [1.54, 1.807) is 6.92 Å². The predicted molar refractivity (Wildman–Crippen MR) is 153 cm³/mol. The lowest BCUT2D eigenvalue weighted by Crippen LogP contribution is -2.37. The summed E-state index contributed by atoms with van der Waals surface area (Å²) in [7, 11) is 0. The topological polar surface area (TPSA) is 92.3 Å². The van der Waals surface area contributed by atoms with Crippen molar-refractivity contribution in [2.24, 2.45) is 17.8 Å². The molecule has 232 valence electrons. The molecule has 1 amide bonds. The second-order valence-corrected chi connectivity index (χ2v) is 11.5. The van der Waals surface area contributed by atoms with Crippen LogP contribution in [0.4, 0.5) is 4.39 Å².